The molecular weight excluding hydrogens is 236 g/mol. The maximum atomic E-state index is 11.3. The van der Waals surface area contributed by atoms with Gasteiger partial charge in [0.1, 0.15) is 9.84 Å². The second-order valence-electron chi connectivity index (χ2n) is 5.59. The van der Waals surface area contributed by atoms with Crippen LogP contribution in [-0.2, 0) is 9.84 Å². The topological polar surface area (TPSA) is 49.4 Å². The number of sulfone groups is 1. The summed E-state index contributed by atoms with van der Waals surface area (Å²) in [6.45, 7) is 9.42. The molecule has 1 aliphatic heterocycles. The number of rotatable bonds is 4. The summed E-state index contributed by atoms with van der Waals surface area (Å²) in [4.78, 5) is 2.31. The summed E-state index contributed by atoms with van der Waals surface area (Å²) in [6.07, 6.45) is 2.41. The smallest absolute Gasteiger partial charge is 0.148 e. The van der Waals surface area contributed by atoms with Crippen LogP contribution in [0.15, 0.2) is 0 Å². The lowest BCUT2D eigenvalue weighted by atomic mass is 10.0. The molecule has 1 aliphatic rings. The van der Waals surface area contributed by atoms with Gasteiger partial charge in [-0.3, -0.25) is 4.90 Å². The molecule has 0 amide bonds. The Kier molecular flexibility index (Phi) is 5.41. The van der Waals surface area contributed by atoms with Crippen LogP contribution >= 0.6 is 0 Å². The normalized spacial score (nSPS) is 25.8. The molecule has 0 saturated carbocycles. The van der Waals surface area contributed by atoms with Crippen molar-refractivity contribution in [3.8, 4) is 0 Å². The lowest BCUT2D eigenvalue weighted by Gasteiger charge is -2.31. The van der Waals surface area contributed by atoms with Crippen molar-refractivity contribution in [2.75, 3.05) is 31.6 Å². The third-order valence-corrected chi connectivity index (χ3v) is 4.52. The van der Waals surface area contributed by atoms with Crippen molar-refractivity contribution in [3.05, 3.63) is 0 Å². The first-order chi connectivity index (χ1) is 7.79. The van der Waals surface area contributed by atoms with Crippen LogP contribution in [0.25, 0.3) is 0 Å². The van der Waals surface area contributed by atoms with Crippen LogP contribution in [0.5, 0.6) is 0 Å². The first kappa shape index (κ1) is 14.9. The van der Waals surface area contributed by atoms with Gasteiger partial charge in [-0.2, -0.15) is 0 Å². The minimum atomic E-state index is -2.88. The minimum absolute atomic E-state index is 0.117. The van der Waals surface area contributed by atoms with E-state index in [4.69, 9.17) is 0 Å². The van der Waals surface area contributed by atoms with Crippen molar-refractivity contribution in [2.24, 2.45) is 5.92 Å². The van der Waals surface area contributed by atoms with Gasteiger partial charge in [-0.1, -0.05) is 13.8 Å². The zero-order chi connectivity index (χ0) is 13.1. The molecule has 0 aromatic heterocycles. The fraction of sp³-hybridized carbons (Fsp3) is 1.00. The van der Waals surface area contributed by atoms with Crippen LogP contribution in [0.3, 0.4) is 0 Å². The van der Waals surface area contributed by atoms with Crippen LogP contribution in [-0.4, -0.2) is 57.0 Å². The highest BCUT2D eigenvalue weighted by Gasteiger charge is 2.25. The number of hydrogen-bond acceptors (Lipinski definition) is 4. The minimum Gasteiger partial charge on any atom is -0.312 e. The van der Waals surface area contributed by atoms with Crippen LogP contribution in [0.4, 0.5) is 0 Å². The van der Waals surface area contributed by atoms with E-state index in [2.05, 4.69) is 24.1 Å². The van der Waals surface area contributed by atoms with Crippen molar-refractivity contribution >= 4 is 9.84 Å². The Morgan fingerprint density at radius 1 is 1.35 bits per heavy atom. The van der Waals surface area contributed by atoms with E-state index in [0.717, 1.165) is 26.1 Å². The standard InChI is InChI=1S/C12H26N2O2S/c1-10(2)12-8-14(7-5-6-13-12)11(3)9-17(4,15)16/h10-13H,5-9H2,1-4H3. The summed E-state index contributed by atoms with van der Waals surface area (Å²) in [5.41, 5.74) is 0. The van der Waals surface area contributed by atoms with E-state index < -0.39 is 9.84 Å². The average molecular weight is 262 g/mol. The molecule has 1 heterocycles. The lowest BCUT2D eigenvalue weighted by molar-refractivity contribution is 0.204. The zero-order valence-electron chi connectivity index (χ0n) is 11.4. The van der Waals surface area contributed by atoms with E-state index in [-0.39, 0.29) is 11.8 Å². The van der Waals surface area contributed by atoms with E-state index in [1.54, 1.807) is 0 Å². The Bertz CT molecular complexity index is 327. The number of nitrogens with zero attached hydrogens (tertiary/aromatic N) is 1. The summed E-state index contributed by atoms with van der Waals surface area (Å²) in [6, 6.07) is 0.589. The molecule has 2 atom stereocenters. The first-order valence-corrected chi connectivity index (χ1v) is 8.51. The molecule has 1 N–H and O–H groups in total. The van der Waals surface area contributed by atoms with Gasteiger partial charge in [-0.05, 0) is 32.4 Å². The number of hydrogen-bond donors (Lipinski definition) is 1. The van der Waals surface area contributed by atoms with Crippen molar-refractivity contribution < 1.29 is 8.42 Å². The molecule has 2 unspecified atom stereocenters. The summed E-state index contributed by atoms with van der Waals surface area (Å²) < 4.78 is 22.7. The number of nitrogens with one attached hydrogen (secondary N) is 1. The van der Waals surface area contributed by atoms with Gasteiger partial charge in [-0.25, -0.2) is 8.42 Å². The van der Waals surface area contributed by atoms with Gasteiger partial charge in [0.15, 0.2) is 0 Å². The molecule has 0 radical (unpaired) electrons. The third-order valence-electron chi connectivity index (χ3n) is 3.43. The van der Waals surface area contributed by atoms with E-state index >= 15 is 0 Å². The molecule has 1 fully saturated rings. The maximum absolute atomic E-state index is 11.3. The predicted molar refractivity (Wildman–Crippen MR) is 72.0 cm³/mol. The fourth-order valence-electron chi connectivity index (χ4n) is 2.37. The van der Waals surface area contributed by atoms with Gasteiger partial charge in [0.2, 0.25) is 0 Å². The Morgan fingerprint density at radius 2 is 2.00 bits per heavy atom. The van der Waals surface area contributed by atoms with Crippen LogP contribution in [0.2, 0.25) is 0 Å². The maximum Gasteiger partial charge on any atom is 0.148 e. The Morgan fingerprint density at radius 3 is 2.53 bits per heavy atom. The van der Waals surface area contributed by atoms with Crippen LogP contribution in [0, 0.1) is 5.92 Å². The molecule has 17 heavy (non-hydrogen) atoms. The molecule has 0 aromatic carbocycles. The van der Waals surface area contributed by atoms with Crippen LogP contribution in [0.1, 0.15) is 27.2 Å². The Balaban J connectivity index is 2.62. The molecule has 102 valence electrons. The van der Waals surface area contributed by atoms with Crippen molar-refractivity contribution in [3.63, 3.8) is 0 Å². The van der Waals surface area contributed by atoms with E-state index in [1.165, 1.54) is 6.26 Å². The SMILES string of the molecule is CC(C)C1CN(C(C)CS(C)(=O)=O)CCCN1. The molecule has 0 spiro atoms. The van der Waals surface area contributed by atoms with Crippen LogP contribution < -0.4 is 5.32 Å². The van der Waals surface area contributed by atoms with Crippen molar-refractivity contribution in [1.82, 2.24) is 10.2 Å². The van der Waals surface area contributed by atoms with Gasteiger partial charge in [0.05, 0.1) is 5.75 Å². The first-order valence-electron chi connectivity index (χ1n) is 6.45. The highest BCUT2D eigenvalue weighted by Crippen LogP contribution is 2.12. The van der Waals surface area contributed by atoms with Crippen molar-refractivity contribution in [1.29, 1.82) is 0 Å². The second kappa shape index (κ2) is 6.16. The second-order valence-corrected chi connectivity index (χ2v) is 7.78. The zero-order valence-corrected chi connectivity index (χ0v) is 12.3. The quantitative estimate of drug-likeness (QED) is 0.812. The van der Waals surface area contributed by atoms with E-state index in [1.807, 2.05) is 6.92 Å². The predicted octanol–water partition coefficient (Wildman–Crippen LogP) is 0.739. The lowest BCUT2D eigenvalue weighted by Crippen LogP contribution is -2.46. The van der Waals surface area contributed by atoms with E-state index in [9.17, 15) is 8.42 Å². The average Bonchev–Trinajstić information content (AvgIpc) is 2.39. The van der Waals surface area contributed by atoms with Gasteiger partial charge in [0.25, 0.3) is 0 Å². The summed E-state index contributed by atoms with van der Waals surface area (Å²) >= 11 is 0. The van der Waals surface area contributed by atoms with Gasteiger partial charge in [-0.15, -0.1) is 0 Å². The monoisotopic (exact) mass is 262 g/mol. The summed E-state index contributed by atoms with van der Waals surface area (Å²) in [7, 11) is -2.88. The molecule has 0 bridgehead atoms. The van der Waals surface area contributed by atoms with E-state index in [0.29, 0.717) is 12.0 Å². The summed E-state index contributed by atoms with van der Waals surface area (Å²) in [5, 5.41) is 3.54. The van der Waals surface area contributed by atoms with Gasteiger partial charge >= 0.3 is 0 Å². The molecule has 5 heteroatoms. The third kappa shape index (κ3) is 5.36. The molecule has 1 rings (SSSR count). The summed E-state index contributed by atoms with van der Waals surface area (Å²) in [5.74, 6) is 0.846. The highest BCUT2D eigenvalue weighted by atomic mass is 32.2. The largest absolute Gasteiger partial charge is 0.312 e. The van der Waals surface area contributed by atoms with Crippen molar-refractivity contribution in [2.45, 2.75) is 39.3 Å². The van der Waals surface area contributed by atoms with Gasteiger partial charge in [0, 0.05) is 24.9 Å². The molecule has 4 nitrogen and oxygen atoms in total. The molecule has 0 aliphatic carbocycles. The molecule has 0 aromatic rings. The molecule has 1 saturated heterocycles. The fourth-order valence-corrected chi connectivity index (χ4v) is 3.46. The van der Waals surface area contributed by atoms with Gasteiger partial charge < -0.3 is 5.32 Å². The molecular formula is C12H26N2O2S. The highest BCUT2D eigenvalue weighted by molar-refractivity contribution is 7.90. The Hall–Kier alpha value is -0.130. The Labute approximate surface area is 106 Å².